The molecular formula is C17H22N2O7. The zero-order valence-electron chi connectivity index (χ0n) is 15.0. The molecule has 1 aromatic carbocycles. The van der Waals surface area contributed by atoms with Crippen molar-refractivity contribution in [2.24, 2.45) is 0 Å². The molecule has 2 aromatic rings. The molecule has 0 saturated carbocycles. The van der Waals surface area contributed by atoms with Gasteiger partial charge in [0, 0.05) is 25.8 Å². The predicted molar refractivity (Wildman–Crippen MR) is 94.3 cm³/mol. The lowest BCUT2D eigenvalue weighted by atomic mass is 10.2. The minimum Gasteiger partial charge on any atom is -0.493 e. The maximum Gasteiger partial charge on any atom is 0.332 e. The Morgan fingerprint density at radius 1 is 1.12 bits per heavy atom. The Hall–Kier alpha value is -2.81. The molecule has 0 aliphatic heterocycles. The summed E-state index contributed by atoms with van der Waals surface area (Å²) >= 11 is 0. The van der Waals surface area contributed by atoms with Gasteiger partial charge in [0.15, 0.2) is 11.5 Å². The molecule has 26 heavy (non-hydrogen) atoms. The van der Waals surface area contributed by atoms with Crippen LogP contribution in [-0.2, 0) is 22.6 Å². The highest BCUT2D eigenvalue weighted by Crippen LogP contribution is 2.30. The normalized spacial score (nSPS) is 10.9. The maximum absolute atomic E-state index is 12.8. The average Bonchev–Trinajstić information content (AvgIpc) is 2.63. The first kappa shape index (κ1) is 19.5. The molecule has 2 rings (SSSR count). The number of carboxylic acid groups (broad SMARTS) is 1. The number of ether oxygens (including phenoxy) is 3. The van der Waals surface area contributed by atoms with Crippen LogP contribution in [0.15, 0.2) is 21.7 Å². The van der Waals surface area contributed by atoms with Gasteiger partial charge in [-0.1, -0.05) is 0 Å². The number of carboxylic acids is 1. The van der Waals surface area contributed by atoms with E-state index in [-0.39, 0.29) is 17.4 Å². The zero-order chi connectivity index (χ0) is 19.3. The Morgan fingerprint density at radius 3 is 2.35 bits per heavy atom. The van der Waals surface area contributed by atoms with Gasteiger partial charge in [0.25, 0.3) is 5.56 Å². The summed E-state index contributed by atoms with van der Waals surface area (Å²) in [4.78, 5) is 36.7. The van der Waals surface area contributed by atoms with Gasteiger partial charge in [-0.05, 0) is 19.4 Å². The second kappa shape index (κ2) is 8.52. The van der Waals surface area contributed by atoms with Crippen LogP contribution in [0, 0.1) is 0 Å². The van der Waals surface area contributed by atoms with Gasteiger partial charge < -0.3 is 19.3 Å². The number of aliphatic carboxylic acids is 1. The molecule has 142 valence electrons. The van der Waals surface area contributed by atoms with Crippen LogP contribution in [0.4, 0.5) is 0 Å². The summed E-state index contributed by atoms with van der Waals surface area (Å²) in [6.07, 6.45) is 0.453. The molecule has 1 N–H and O–H groups in total. The van der Waals surface area contributed by atoms with E-state index >= 15 is 0 Å². The Kier molecular flexibility index (Phi) is 6.40. The fourth-order valence-corrected chi connectivity index (χ4v) is 2.70. The van der Waals surface area contributed by atoms with Crippen molar-refractivity contribution in [2.75, 3.05) is 27.4 Å². The SMILES string of the molecule is CCOCCCn1c(=O)c2cc(OC)c(OC)cc2n(CC(=O)O)c1=O. The molecule has 0 radical (unpaired) electrons. The number of carbonyl (C=O) groups is 1. The van der Waals surface area contributed by atoms with Crippen molar-refractivity contribution in [3.8, 4) is 11.5 Å². The summed E-state index contributed by atoms with van der Waals surface area (Å²) in [6, 6.07) is 2.89. The number of aromatic nitrogens is 2. The van der Waals surface area contributed by atoms with E-state index in [9.17, 15) is 14.4 Å². The molecule has 0 unspecified atom stereocenters. The second-order valence-corrected chi connectivity index (χ2v) is 5.49. The molecule has 0 aliphatic rings. The molecule has 1 heterocycles. The lowest BCUT2D eigenvalue weighted by Crippen LogP contribution is -2.41. The van der Waals surface area contributed by atoms with Crippen molar-refractivity contribution in [1.29, 1.82) is 0 Å². The monoisotopic (exact) mass is 366 g/mol. The van der Waals surface area contributed by atoms with Gasteiger partial charge in [-0.3, -0.25) is 18.7 Å². The minimum atomic E-state index is -1.19. The molecule has 0 aliphatic carbocycles. The van der Waals surface area contributed by atoms with Crippen molar-refractivity contribution >= 4 is 16.9 Å². The summed E-state index contributed by atoms with van der Waals surface area (Å²) in [5, 5.41) is 9.34. The van der Waals surface area contributed by atoms with Crippen LogP contribution in [0.5, 0.6) is 11.5 Å². The van der Waals surface area contributed by atoms with Gasteiger partial charge in [0.05, 0.1) is 25.1 Å². The second-order valence-electron chi connectivity index (χ2n) is 5.49. The third-order valence-corrected chi connectivity index (χ3v) is 3.90. The maximum atomic E-state index is 12.8. The summed E-state index contributed by atoms with van der Waals surface area (Å²) in [6.45, 7) is 2.33. The van der Waals surface area contributed by atoms with E-state index in [0.29, 0.717) is 31.1 Å². The van der Waals surface area contributed by atoms with E-state index in [0.717, 1.165) is 9.13 Å². The lowest BCUT2D eigenvalue weighted by molar-refractivity contribution is -0.137. The van der Waals surface area contributed by atoms with E-state index < -0.39 is 23.8 Å². The molecule has 0 atom stereocenters. The molecular weight excluding hydrogens is 344 g/mol. The zero-order valence-corrected chi connectivity index (χ0v) is 15.0. The molecule has 0 spiro atoms. The molecule has 0 bridgehead atoms. The number of nitrogens with zero attached hydrogens (tertiary/aromatic N) is 2. The largest absolute Gasteiger partial charge is 0.493 e. The molecule has 1 aromatic heterocycles. The van der Waals surface area contributed by atoms with Gasteiger partial charge in [0.1, 0.15) is 6.54 Å². The van der Waals surface area contributed by atoms with Crippen LogP contribution in [0.1, 0.15) is 13.3 Å². The van der Waals surface area contributed by atoms with E-state index in [1.165, 1.54) is 26.4 Å². The van der Waals surface area contributed by atoms with Crippen molar-refractivity contribution < 1.29 is 24.1 Å². The number of fused-ring (bicyclic) bond motifs is 1. The summed E-state index contributed by atoms with van der Waals surface area (Å²) in [5.41, 5.74) is -1.01. The molecule has 9 nitrogen and oxygen atoms in total. The highest BCUT2D eigenvalue weighted by atomic mass is 16.5. The van der Waals surface area contributed by atoms with E-state index in [1.54, 1.807) is 0 Å². The standard InChI is InChI=1S/C17H22N2O7/c1-4-26-7-5-6-18-16(22)11-8-13(24-2)14(25-3)9-12(11)19(17(18)23)10-15(20)21/h8-9H,4-7,10H2,1-3H3,(H,20,21). The van der Waals surface area contributed by atoms with Crippen LogP contribution < -0.4 is 20.7 Å². The highest BCUT2D eigenvalue weighted by molar-refractivity contribution is 5.83. The lowest BCUT2D eigenvalue weighted by Gasteiger charge is -2.15. The number of rotatable bonds is 9. The van der Waals surface area contributed by atoms with Crippen molar-refractivity contribution in [2.45, 2.75) is 26.4 Å². The first-order chi connectivity index (χ1) is 12.4. The third-order valence-electron chi connectivity index (χ3n) is 3.90. The van der Waals surface area contributed by atoms with Crippen LogP contribution in [0.3, 0.4) is 0 Å². The van der Waals surface area contributed by atoms with Crippen LogP contribution in [0.25, 0.3) is 10.9 Å². The van der Waals surface area contributed by atoms with Crippen molar-refractivity contribution in [1.82, 2.24) is 9.13 Å². The minimum absolute atomic E-state index is 0.127. The summed E-state index contributed by atoms with van der Waals surface area (Å²) in [7, 11) is 2.84. The van der Waals surface area contributed by atoms with Crippen LogP contribution in [0.2, 0.25) is 0 Å². The van der Waals surface area contributed by atoms with Crippen LogP contribution in [-0.4, -0.2) is 47.6 Å². The van der Waals surface area contributed by atoms with Gasteiger partial charge in [0.2, 0.25) is 0 Å². The fraction of sp³-hybridized carbons (Fsp3) is 0.471. The van der Waals surface area contributed by atoms with Crippen LogP contribution >= 0.6 is 0 Å². The summed E-state index contributed by atoms with van der Waals surface area (Å²) in [5.74, 6) is -0.576. The van der Waals surface area contributed by atoms with Crippen molar-refractivity contribution in [3.05, 3.63) is 33.0 Å². The molecule has 0 saturated heterocycles. The first-order valence-corrected chi connectivity index (χ1v) is 8.13. The fourth-order valence-electron chi connectivity index (χ4n) is 2.70. The average molecular weight is 366 g/mol. The topological polar surface area (TPSA) is 109 Å². The molecule has 0 fully saturated rings. The number of benzene rings is 1. The number of methoxy groups -OCH3 is 2. The van der Waals surface area contributed by atoms with Gasteiger partial charge >= 0.3 is 11.7 Å². The van der Waals surface area contributed by atoms with Gasteiger partial charge in [-0.25, -0.2) is 4.79 Å². The Labute approximate surface area is 149 Å². The van der Waals surface area contributed by atoms with Gasteiger partial charge in [-0.15, -0.1) is 0 Å². The van der Waals surface area contributed by atoms with Gasteiger partial charge in [-0.2, -0.15) is 0 Å². The Balaban J connectivity index is 2.71. The van der Waals surface area contributed by atoms with Crippen molar-refractivity contribution in [3.63, 3.8) is 0 Å². The molecule has 0 amide bonds. The number of hydrogen-bond acceptors (Lipinski definition) is 6. The smallest absolute Gasteiger partial charge is 0.332 e. The summed E-state index contributed by atoms with van der Waals surface area (Å²) < 4.78 is 17.7. The highest BCUT2D eigenvalue weighted by Gasteiger charge is 2.18. The number of hydrogen-bond donors (Lipinski definition) is 1. The van der Waals surface area contributed by atoms with E-state index in [1.807, 2.05) is 6.92 Å². The molecule has 9 heteroatoms. The van der Waals surface area contributed by atoms with E-state index in [2.05, 4.69) is 0 Å². The predicted octanol–water partition coefficient (Wildman–Crippen LogP) is 0.692. The Morgan fingerprint density at radius 2 is 1.77 bits per heavy atom. The Bertz CT molecular complexity index is 914. The third kappa shape index (κ3) is 3.88. The first-order valence-electron chi connectivity index (χ1n) is 8.13. The quantitative estimate of drug-likeness (QED) is 0.650. The van der Waals surface area contributed by atoms with E-state index in [4.69, 9.17) is 19.3 Å².